The maximum absolute atomic E-state index is 4.96. The number of aryl methyl sites for hydroxylation is 2. The van der Waals surface area contributed by atoms with Gasteiger partial charge in [-0.05, 0) is 92.1 Å². The zero-order chi connectivity index (χ0) is 33.2. The van der Waals surface area contributed by atoms with Crippen molar-refractivity contribution in [1.82, 2.24) is 9.97 Å². The molecule has 5 aromatic carbocycles. The van der Waals surface area contributed by atoms with Crippen molar-refractivity contribution in [2.45, 2.75) is 52.4 Å². The van der Waals surface area contributed by atoms with Crippen molar-refractivity contribution >= 4 is 10.8 Å². The molecule has 0 amide bonds. The number of benzene rings is 5. The van der Waals surface area contributed by atoms with Crippen molar-refractivity contribution in [3.8, 4) is 44.8 Å². The second-order valence-corrected chi connectivity index (χ2v) is 14.3. The van der Waals surface area contributed by atoms with Crippen molar-refractivity contribution in [3.63, 3.8) is 0 Å². The Balaban J connectivity index is 0.000000213. The summed E-state index contributed by atoms with van der Waals surface area (Å²) in [5, 5.41) is 2.57. The minimum absolute atomic E-state index is 0. The summed E-state index contributed by atoms with van der Waals surface area (Å²) in [6.07, 6.45) is 3.80. The standard InChI is InChI=1S/C33H26N.C13H12N.Ir/c1-32(2)27-12-8-7-11-23(27)25-18-22(13-14-28(25)32)31-30-24(15-16-34-31)26-17-20-9-5-6-10-21(20)19-29(26)33(30,3)4;1-10-4-3-5-12(8-10)13-9-11(2)6-7-14-13;/h5-12,14-19H,1-4H3;3-4,6-9H,1-2H3;/q2*-1;. The summed E-state index contributed by atoms with van der Waals surface area (Å²) in [5.41, 5.74) is 17.2. The average Bonchev–Trinajstić information content (AvgIpc) is 3.46. The molecule has 2 aliphatic carbocycles. The van der Waals surface area contributed by atoms with E-state index in [1.807, 2.05) is 30.6 Å². The van der Waals surface area contributed by atoms with E-state index >= 15 is 0 Å². The van der Waals surface area contributed by atoms with Crippen LogP contribution in [0.25, 0.3) is 55.5 Å². The van der Waals surface area contributed by atoms with E-state index in [1.165, 1.54) is 66.4 Å². The molecule has 2 aromatic heterocycles. The van der Waals surface area contributed by atoms with E-state index in [9.17, 15) is 0 Å². The Morgan fingerprint density at radius 1 is 0.531 bits per heavy atom. The summed E-state index contributed by atoms with van der Waals surface area (Å²) in [5.74, 6) is 0. The van der Waals surface area contributed by atoms with E-state index in [0.29, 0.717) is 0 Å². The molecule has 0 bridgehead atoms. The largest absolute Gasteiger partial charge is 0.305 e. The SMILES string of the molecule is CC1(C)c2c[c-]c(-c3nccc4c3C(C)(C)c3cc5ccccc5cc3-4)cc2-c2ccccc21.Cc1cc[c-]c(-c2cc(C)ccn2)c1.[Ir]. The summed E-state index contributed by atoms with van der Waals surface area (Å²) in [6.45, 7) is 13.4. The fourth-order valence-corrected chi connectivity index (χ4v) is 7.83. The monoisotopic (exact) mass is 811 g/mol. The molecule has 3 heteroatoms. The van der Waals surface area contributed by atoms with Crippen LogP contribution in [0.3, 0.4) is 0 Å². The molecule has 49 heavy (non-hydrogen) atoms. The summed E-state index contributed by atoms with van der Waals surface area (Å²) in [7, 11) is 0. The van der Waals surface area contributed by atoms with Gasteiger partial charge < -0.3 is 9.97 Å². The van der Waals surface area contributed by atoms with E-state index in [0.717, 1.165) is 22.5 Å². The van der Waals surface area contributed by atoms with Crippen molar-refractivity contribution in [2.24, 2.45) is 0 Å². The van der Waals surface area contributed by atoms with Crippen LogP contribution in [0.2, 0.25) is 0 Å². The predicted molar refractivity (Wildman–Crippen MR) is 199 cm³/mol. The van der Waals surface area contributed by atoms with Gasteiger partial charge in [-0.1, -0.05) is 100 Å². The molecule has 0 atom stereocenters. The fraction of sp³-hybridized carbons (Fsp3) is 0.174. The molecule has 0 saturated heterocycles. The molecule has 2 aliphatic rings. The average molecular weight is 811 g/mol. The van der Waals surface area contributed by atoms with Crippen LogP contribution >= 0.6 is 0 Å². The Bertz CT molecular complexity index is 2340. The molecule has 0 aliphatic heterocycles. The molecule has 0 saturated carbocycles. The first-order valence-electron chi connectivity index (χ1n) is 16.7. The summed E-state index contributed by atoms with van der Waals surface area (Å²) in [6, 6.07) is 45.9. The molecule has 0 spiro atoms. The number of hydrogen-bond donors (Lipinski definition) is 0. The zero-order valence-corrected chi connectivity index (χ0v) is 31.2. The van der Waals surface area contributed by atoms with Crippen LogP contribution in [0.15, 0.2) is 122 Å². The number of hydrogen-bond acceptors (Lipinski definition) is 2. The predicted octanol–water partition coefficient (Wildman–Crippen LogP) is 11.5. The van der Waals surface area contributed by atoms with Gasteiger partial charge in [0.25, 0.3) is 0 Å². The topological polar surface area (TPSA) is 25.8 Å². The summed E-state index contributed by atoms with van der Waals surface area (Å²) < 4.78 is 0. The third-order valence-corrected chi connectivity index (χ3v) is 10.3. The van der Waals surface area contributed by atoms with E-state index in [2.05, 4.69) is 150 Å². The van der Waals surface area contributed by atoms with Gasteiger partial charge in [-0.25, -0.2) is 0 Å². The van der Waals surface area contributed by atoms with E-state index in [4.69, 9.17) is 4.98 Å². The Hall–Kier alpha value is -4.69. The van der Waals surface area contributed by atoms with Gasteiger partial charge in [-0.15, -0.1) is 64.7 Å². The van der Waals surface area contributed by atoms with Gasteiger partial charge in [0.05, 0.1) is 0 Å². The van der Waals surface area contributed by atoms with Gasteiger partial charge in [0.2, 0.25) is 0 Å². The number of aromatic nitrogens is 2. The van der Waals surface area contributed by atoms with Gasteiger partial charge >= 0.3 is 0 Å². The number of pyridine rings is 2. The van der Waals surface area contributed by atoms with Gasteiger partial charge in [-0.3, -0.25) is 0 Å². The van der Waals surface area contributed by atoms with Crippen molar-refractivity contribution < 1.29 is 20.1 Å². The normalized spacial score (nSPS) is 14.1. The van der Waals surface area contributed by atoms with Gasteiger partial charge in [0.1, 0.15) is 0 Å². The second kappa shape index (κ2) is 12.3. The van der Waals surface area contributed by atoms with Crippen LogP contribution in [-0.2, 0) is 30.9 Å². The van der Waals surface area contributed by atoms with Gasteiger partial charge in [0.15, 0.2) is 0 Å². The van der Waals surface area contributed by atoms with Crippen LogP contribution < -0.4 is 0 Å². The number of fused-ring (bicyclic) bond motifs is 7. The van der Waals surface area contributed by atoms with Crippen molar-refractivity contribution in [2.75, 3.05) is 0 Å². The minimum Gasteiger partial charge on any atom is -0.305 e. The molecule has 0 fully saturated rings. The maximum Gasteiger partial charge on any atom is 0.0167 e. The second-order valence-electron chi connectivity index (χ2n) is 14.3. The van der Waals surface area contributed by atoms with Gasteiger partial charge in [0, 0.05) is 37.9 Å². The number of nitrogens with zero attached hydrogens (tertiary/aromatic N) is 2. The van der Waals surface area contributed by atoms with Crippen molar-refractivity contribution in [1.29, 1.82) is 0 Å². The molecule has 2 nitrogen and oxygen atoms in total. The summed E-state index contributed by atoms with van der Waals surface area (Å²) in [4.78, 5) is 9.28. The Kier molecular flexibility index (Phi) is 8.26. The van der Waals surface area contributed by atoms with E-state index in [1.54, 1.807) is 0 Å². The first-order chi connectivity index (χ1) is 23.1. The Labute approximate surface area is 303 Å². The molecule has 9 rings (SSSR count). The molecular formula is C46H38IrN2-2. The number of rotatable bonds is 2. The van der Waals surface area contributed by atoms with Crippen LogP contribution in [0, 0.1) is 26.0 Å². The fourth-order valence-electron chi connectivity index (χ4n) is 7.83. The van der Waals surface area contributed by atoms with Gasteiger partial charge in [-0.2, -0.15) is 0 Å². The van der Waals surface area contributed by atoms with E-state index < -0.39 is 0 Å². The van der Waals surface area contributed by atoms with Crippen molar-refractivity contribution in [3.05, 3.63) is 167 Å². The molecular weight excluding hydrogens is 773 g/mol. The molecule has 243 valence electrons. The third kappa shape index (κ3) is 5.46. The maximum atomic E-state index is 4.96. The van der Waals surface area contributed by atoms with E-state index in [-0.39, 0.29) is 30.9 Å². The quantitative estimate of drug-likeness (QED) is 0.163. The first-order valence-corrected chi connectivity index (χ1v) is 16.7. The molecule has 2 heterocycles. The van der Waals surface area contributed by atoms with Crippen LogP contribution in [0.1, 0.15) is 61.1 Å². The zero-order valence-electron chi connectivity index (χ0n) is 28.8. The third-order valence-electron chi connectivity index (χ3n) is 10.3. The smallest absolute Gasteiger partial charge is 0.0167 e. The van der Waals surface area contributed by atoms with Crippen LogP contribution in [-0.4, -0.2) is 9.97 Å². The molecule has 0 N–H and O–H groups in total. The minimum atomic E-state index is -0.137. The van der Waals surface area contributed by atoms with Crippen LogP contribution in [0.4, 0.5) is 0 Å². The molecule has 7 aromatic rings. The Morgan fingerprint density at radius 3 is 2.00 bits per heavy atom. The Morgan fingerprint density at radius 2 is 1.22 bits per heavy atom. The molecule has 0 unspecified atom stereocenters. The van der Waals surface area contributed by atoms with Crippen LogP contribution in [0.5, 0.6) is 0 Å². The summed E-state index contributed by atoms with van der Waals surface area (Å²) >= 11 is 0. The molecule has 1 radical (unpaired) electrons. The first kappa shape index (κ1) is 32.8.